The van der Waals surface area contributed by atoms with Crippen molar-refractivity contribution in [3.8, 4) is 0 Å². The second-order valence-corrected chi connectivity index (χ2v) is 16.7. The maximum atomic E-state index is 13.0. The molecule has 0 unspecified atom stereocenters. The highest BCUT2D eigenvalue weighted by Gasteiger charge is 2.55. The Bertz CT molecular complexity index is 1190. The van der Waals surface area contributed by atoms with Crippen molar-refractivity contribution in [2.45, 2.75) is 125 Å². The summed E-state index contributed by atoms with van der Waals surface area (Å²) >= 11 is 0. The molecule has 50 heavy (non-hydrogen) atoms. The number of rotatable bonds is 6. The molecule has 288 valence electrons. The third-order valence-electron chi connectivity index (χ3n) is 9.71. The Balaban J connectivity index is 0.000000481. The van der Waals surface area contributed by atoms with E-state index in [4.69, 9.17) is 9.47 Å². The molecule has 15 heteroatoms. The number of ether oxygens (including phenoxy) is 2. The fourth-order valence-electron chi connectivity index (χ4n) is 7.52. The summed E-state index contributed by atoms with van der Waals surface area (Å²) in [6.45, 7) is 22.7. The molecular weight excluding hydrogens is 685 g/mol. The molecule has 4 atom stereocenters. The van der Waals surface area contributed by atoms with E-state index in [0.717, 1.165) is 0 Å². The monoisotopic (exact) mass is 746 g/mol. The highest BCUT2D eigenvalue weighted by atomic mass is 32.1. The van der Waals surface area contributed by atoms with Gasteiger partial charge in [-0.15, -0.1) is 0 Å². The molecule has 0 radical (unpaired) electrons. The first-order valence-corrected chi connectivity index (χ1v) is 17.2. The van der Waals surface area contributed by atoms with Crippen LogP contribution >= 0.6 is 27.0 Å². The van der Waals surface area contributed by atoms with Gasteiger partial charge in [-0.2, -0.15) is 27.0 Å². The van der Waals surface area contributed by atoms with Gasteiger partial charge >= 0.3 is 18.2 Å². The molecule has 0 saturated carbocycles. The Kier molecular flexibility index (Phi) is 15.2. The third-order valence-corrected chi connectivity index (χ3v) is 9.71. The molecule has 4 fully saturated rings. The zero-order chi connectivity index (χ0) is 36.6. The molecule has 4 amide bonds. The van der Waals surface area contributed by atoms with Gasteiger partial charge in [0, 0.05) is 39.3 Å². The van der Waals surface area contributed by atoms with Crippen LogP contribution in [0.25, 0.3) is 0 Å². The maximum Gasteiger partial charge on any atom is 0.410 e. The number of likely N-dealkylation sites (tertiary alicyclic amines) is 4. The number of Topliss-reactive ketones (excluding diaryl/α,β-unsaturated/α-hetero) is 1. The van der Waals surface area contributed by atoms with Gasteiger partial charge in [0.2, 0.25) is 11.8 Å². The van der Waals surface area contributed by atoms with E-state index in [1.807, 2.05) is 34.6 Å². The number of carboxylic acids is 1. The number of carboxylic acid groups (broad SMARTS) is 1. The number of aliphatic carboxylic acids is 1. The minimum atomic E-state index is -0.975. The van der Waals surface area contributed by atoms with Crippen LogP contribution in [-0.4, -0.2) is 123 Å². The molecule has 4 saturated heterocycles. The molecule has 4 heterocycles. The number of hydrogen-bond donors (Lipinski definition) is 1. The van der Waals surface area contributed by atoms with Crippen LogP contribution in [0.3, 0.4) is 0 Å². The van der Waals surface area contributed by atoms with Crippen LogP contribution < -0.4 is 0 Å². The molecule has 2 spiro atoms. The number of hydrogen-bond acceptors (Lipinski definition) is 8. The quantitative estimate of drug-likeness (QED) is 0.410. The van der Waals surface area contributed by atoms with E-state index in [1.165, 1.54) is 4.90 Å². The predicted molar refractivity (Wildman–Crippen MR) is 199 cm³/mol. The SMILES string of the molecule is CC(=O)[C@H](C(C)C)N1CC[C@@]2(CCN(C(=O)OC(C)(C)C)C2)C1=O.CC(C)[C@@H](C(=O)O)N1CC[C@@]2(CCN(C(=O)OC(C)(C)C)C2)C1=O.S.S. The number of carbonyl (C=O) groups excluding carboxylic acids is 5. The van der Waals surface area contributed by atoms with E-state index in [9.17, 15) is 33.9 Å². The van der Waals surface area contributed by atoms with Crippen molar-refractivity contribution in [2.75, 3.05) is 39.3 Å². The van der Waals surface area contributed by atoms with Gasteiger partial charge in [0.25, 0.3) is 0 Å². The molecule has 0 aromatic carbocycles. The number of ketones is 1. The molecule has 13 nitrogen and oxygen atoms in total. The lowest BCUT2D eigenvalue weighted by atomic mass is 9.85. The number of carbonyl (C=O) groups is 6. The van der Waals surface area contributed by atoms with Crippen LogP contribution in [0.1, 0.15) is 102 Å². The maximum absolute atomic E-state index is 13.0. The molecule has 0 aromatic heterocycles. The minimum Gasteiger partial charge on any atom is -0.480 e. The smallest absolute Gasteiger partial charge is 0.410 e. The molecule has 0 aliphatic carbocycles. The van der Waals surface area contributed by atoms with Crippen LogP contribution in [-0.2, 0) is 28.7 Å². The Morgan fingerprint density at radius 2 is 0.960 bits per heavy atom. The van der Waals surface area contributed by atoms with Crippen molar-refractivity contribution in [3.63, 3.8) is 0 Å². The van der Waals surface area contributed by atoms with Crippen LogP contribution in [0.4, 0.5) is 9.59 Å². The van der Waals surface area contributed by atoms with E-state index in [1.54, 1.807) is 56.2 Å². The van der Waals surface area contributed by atoms with Gasteiger partial charge in [-0.25, -0.2) is 14.4 Å². The van der Waals surface area contributed by atoms with Gasteiger partial charge in [-0.3, -0.25) is 14.4 Å². The largest absolute Gasteiger partial charge is 0.480 e. The van der Waals surface area contributed by atoms with Crippen molar-refractivity contribution in [1.82, 2.24) is 19.6 Å². The molecule has 1 N–H and O–H groups in total. The summed E-state index contributed by atoms with van der Waals surface area (Å²) in [4.78, 5) is 80.3. The lowest BCUT2D eigenvalue weighted by molar-refractivity contribution is -0.152. The Morgan fingerprint density at radius 3 is 1.24 bits per heavy atom. The van der Waals surface area contributed by atoms with Crippen molar-refractivity contribution < 1.29 is 43.3 Å². The minimum absolute atomic E-state index is 0. The summed E-state index contributed by atoms with van der Waals surface area (Å²) < 4.78 is 10.8. The van der Waals surface area contributed by atoms with E-state index < -0.39 is 40.1 Å². The van der Waals surface area contributed by atoms with Gasteiger partial charge in [0.15, 0.2) is 5.78 Å². The molecule has 4 rings (SSSR count). The second kappa shape index (κ2) is 16.8. The van der Waals surface area contributed by atoms with E-state index in [-0.39, 0.29) is 68.6 Å². The topological polar surface area (TPSA) is 154 Å². The summed E-state index contributed by atoms with van der Waals surface area (Å²) in [5, 5.41) is 9.44. The van der Waals surface area contributed by atoms with Crippen molar-refractivity contribution in [2.24, 2.45) is 22.7 Å². The normalized spacial score (nSPS) is 24.7. The first kappa shape index (κ1) is 45.3. The van der Waals surface area contributed by atoms with E-state index in [0.29, 0.717) is 65.0 Å². The third kappa shape index (κ3) is 10.2. The Morgan fingerprint density at radius 1 is 0.640 bits per heavy atom. The van der Waals surface area contributed by atoms with Crippen LogP contribution in [0.15, 0.2) is 0 Å². The Labute approximate surface area is 312 Å². The molecular formula is C35H62N4O9S2. The molecule has 0 aromatic rings. The fourth-order valence-corrected chi connectivity index (χ4v) is 7.52. The standard InChI is InChI=1S/C18H30N2O4.C17H28N2O5.2H2S/c1-12(2)14(13(3)21)20-10-8-18(15(20)22)7-9-19(11-18)16(23)24-17(4,5)6;1-11(2)12(13(20)21)19-9-7-17(14(19)22)6-8-18(10-17)15(23)24-16(3,4)5;;/h12,14H,7-11H2,1-6H3;11-12H,6-10H2,1-5H3,(H,20,21);2*1H2/t14-,18+;12-,17+;;/m00../s1. The lowest BCUT2D eigenvalue weighted by Gasteiger charge is -2.31. The highest BCUT2D eigenvalue weighted by molar-refractivity contribution is 7.59. The second-order valence-electron chi connectivity index (χ2n) is 16.7. The van der Waals surface area contributed by atoms with Crippen molar-refractivity contribution in [3.05, 3.63) is 0 Å². The first-order valence-electron chi connectivity index (χ1n) is 17.2. The average Bonchev–Trinajstić information content (AvgIpc) is 3.69. The predicted octanol–water partition coefficient (Wildman–Crippen LogP) is 4.64. The number of nitrogens with zero attached hydrogens (tertiary/aromatic N) is 4. The summed E-state index contributed by atoms with van der Waals surface area (Å²) in [6, 6.07) is -1.18. The molecule has 4 aliphatic heterocycles. The number of amides is 4. The van der Waals surface area contributed by atoms with Crippen LogP contribution in [0.5, 0.6) is 0 Å². The van der Waals surface area contributed by atoms with Crippen LogP contribution in [0, 0.1) is 22.7 Å². The van der Waals surface area contributed by atoms with Crippen LogP contribution in [0.2, 0.25) is 0 Å². The van der Waals surface area contributed by atoms with Gasteiger partial charge in [0.05, 0.1) is 16.9 Å². The fraction of sp³-hybridized carbons (Fsp3) is 0.829. The van der Waals surface area contributed by atoms with Crippen molar-refractivity contribution in [1.29, 1.82) is 0 Å². The van der Waals surface area contributed by atoms with Gasteiger partial charge < -0.3 is 34.2 Å². The summed E-state index contributed by atoms with van der Waals surface area (Å²) in [5.41, 5.74) is -2.32. The summed E-state index contributed by atoms with van der Waals surface area (Å²) in [5.74, 6) is -1.15. The Hall–Kier alpha value is -2.68. The highest BCUT2D eigenvalue weighted by Crippen LogP contribution is 2.43. The van der Waals surface area contributed by atoms with Gasteiger partial charge in [-0.05, 0) is 86.0 Å². The summed E-state index contributed by atoms with van der Waals surface area (Å²) in [6.07, 6.45) is 1.71. The molecule has 4 aliphatic rings. The lowest BCUT2D eigenvalue weighted by Crippen LogP contribution is -2.48. The van der Waals surface area contributed by atoms with E-state index >= 15 is 0 Å². The zero-order valence-corrected chi connectivity index (χ0v) is 33.9. The first-order chi connectivity index (χ1) is 21.9. The van der Waals surface area contributed by atoms with Gasteiger partial charge in [0.1, 0.15) is 17.2 Å². The van der Waals surface area contributed by atoms with Gasteiger partial charge in [-0.1, -0.05) is 27.7 Å². The summed E-state index contributed by atoms with van der Waals surface area (Å²) in [7, 11) is 0. The van der Waals surface area contributed by atoms with Crippen molar-refractivity contribution >= 4 is 62.7 Å². The van der Waals surface area contributed by atoms with E-state index in [2.05, 4.69) is 0 Å². The molecule has 0 bridgehead atoms. The average molecular weight is 747 g/mol. The zero-order valence-electron chi connectivity index (χ0n) is 31.9.